The minimum absolute atomic E-state index is 0.0700. The van der Waals surface area contributed by atoms with Crippen molar-refractivity contribution >= 4 is 0 Å². The standard InChI is InChI=1S/C10H12F2O3/c1-6(13)8-4-3-7(14-2)5-9(8)15-10(11)12/h3-6,10,13H,1-2H3/t6-/m1/s1. The van der Waals surface area contributed by atoms with Crippen LogP contribution < -0.4 is 9.47 Å². The highest BCUT2D eigenvalue weighted by atomic mass is 19.3. The first-order valence-electron chi connectivity index (χ1n) is 4.35. The Bertz CT molecular complexity index is 326. The summed E-state index contributed by atoms with van der Waals surface area (Å²) in [5, 5.41) is 9.32. The third-order valence-corrected chi connectivity index (χ3v) is 1.89. The van der Waals surface area contributed by atoms with E-state index in [1.807, 2.05) is 0 Å². The average molecular weight is 218 g/mol. The smallest absolute Gasteiger partial charge is 0.387 e. The predicted octanol–water partition coefficient (Wildman–Crippen LogP) is 2.35. The second kappa shape index (κ2) is 4.93. The molecule has 1 N–H and O–H groups in total. The topological polar surface area (TPSA) is 38.7 Å². The van der Waals surface area contributed by atoms with Crippen LogP contribution in [0.1, 0.15) is 18.6 Å². The van der Waals surface area contributed by atoms with Crippen LogP contribution in [0.25, 0.3) is 0 Å². The van der Waals surface area contributed by atoms with Crippen LogP contribution in [0.2, 0.25) is 0 Å². The van der Waals surface area contributed by atoms with Crippen molar-refractivity contribution in [2.45, 2.75) is 19.6 Å². The maximum Gasteiger partial charge on any atom is 0.387 e. The zero-order chi connectivity index (χ0) is 11.4. The molecule has 0 unspecified atom stereocenters. The summed E-state index contributed by atoms with van der Waals surface area (Å²) in [4.78, 5) is 0. The Morgan fingerprint density at radius 1 is 1.33 bits per heavy atom. The molecule has 0 aliphatic rings. The predicted molar refractivity (Wildman–Crippen MR) is 50.3 cm³/mol. The van der Waals surface area contributed by atoms with Gasteiger partial charge in [0.25, 0.3) is 0 Å². The molecule has 0 aliphatic carbocycles. The fourth-order valence-electron chi connectivity index (χ4n) is 1.18. The van der Waals surface area contributed by atoms with E-state index < -0.39 is 12.7 Å². The average Bonchev–Trinajstić information content (AvgIpc) is 2.16. The van der Waals surface area contributed by atoms with Gasteiger partial charge in [-0.25, -0.2) is 0 Å². The first-order chi connectivity index (χ1) is 7.04. The maximum atomic E-state index is 12.1. The third kappa shape index (κ3) is 3.06. The van der Waals surface area contributed by atoms with Crippen molar-refractivity contribution < 1.29 is 23.4 Å². The van der Waals surface area contributed by atoms with Crippen molar-refractivity contribution in [2.75, 3.05) is 7.11 Å². The molecule has 0 amide bonds. The molecule has 0 heterocycles. The van der Waals surface area contributed by atoms with Crippen LogP contribution in [-0.2, 0) is 0 Å². The Hall–Kier alpha value is -1.36. The van der Waals surface area contributed by atoms with Gasteiger partial charge < -0.3 is 14.6 Å². The summed E-state index contributed by atoms with van der Waals surface area (Å²) < 4.78 is 33.3. The fraction of sp³-hybridized carbons (Fsp3) is 0.400. The van der Waals surface area contributed by atoms with Crippen molar-refractivity contribution in [2.24, 2.45) is 0 Å². The lowest BCUT2D eigenvalue weighted by molar-refractivity contribution is -0.0515. The second-order valence-electron chi connectivity index (χ2n) is 2.96. The Morgan fingerprint density at radius 2 is 2.00 bits per heavy atom. The molecule has 0 bridgehead atoms. The van der Waals surface area contributed by atoms with Crippen molar-refractivity contribution in [3.05, 3.63) is 23.8 Å². The van der Waals surface area contributed by atoms with E-state index in [1.54, 1.807) is 6.07 Å². The highest BCUT2D eigenvalue weighted by Gasteiger charge is 2.14. The Kier molecular flexibility index (Phi) is 3.85. The van der Waals surface area contributed by atoms with Crippen LogP contribution in [0.4, 0.5) is 8.78 Å². The number of ether oxygens (including phenoxy) is 2. The highest BCUT2D eigenvalue weighted by Crippen LogP contribution is 2.30. The number of hydrogen-bond acceptors (Lipinski definition) is 3. The van der Waals surface area contributed by atoms with E-state index >= 15 is 0 Å². The van der Waals surface area contributed by atoms with Crippen molar-refractivity contribution in [1.82, 2.24) is 0 Å². The van der Waals surface area contributed by atoms with Gasteiger partial charge in [-0.1, -0.05) is 0 Å². The van der Waals surface area contributed by atoms with Gasteiger partial charge in [-0.15, -0.1) is 0 Å². The minimum atomic E-state index is -2.92. The number of benzene rings is 1. The van der Waals surface area contributed by atoms with Crippen LogP contribution in [0.3, 0.4) is 0 Å². The van der Waals surface area contributed by atoms with E-state index in [2.05, 4.69) is 4.74 Å². The number of aliphatic hydroxyl groups excluding tert-OH is 1. The molecule has 1 aromatic carbocycles. The number of hydrogen-bond donors (Lipinski definition) is 1. The molecule has 3 nitrogen and oxygen atoms in total. The van der Waals surface area contributed by atoms with Crippen LogP contribution in [0.5, 0.6) is 11.5 Å². The Morgan fingerprint density at radius 3 is 2.47 bits per heavy atom. The lowest BCUT2D eigenvalue weighted by atomic mass is 10.1. The largest absolute Gasteiger partial charge is 0.497 e. The Labute approximate surface area is 86.2 Å². The number of aliphatic hydroxyl groups is 1. The number of rotatable bonds is 4. The van der Waals surface area contributed by atoms with E-state index in [1.165, 1.54) is 26.2 Å². The highest BCUT2D eigenvalue weighted by molar-refractivity contribution is 5.41. The minimum Gasteiger partial charge on any atom is -0.497 e. The zero-order valence-electron chi connectivity index (χ0n) is 8.41. The molecule has 5 heteroatoms. The number of halogens is 2. The summed E-state index contributed by atoms with van der Waals surface area (Å²) in [7, 11) is 1.42. The van der Waals surface area contributed by atoms with Gasteiger partial charge in [-0.2, -0.15) is 8.78 Å². The van der Waals surface area contributed by atoms with E-state index in [9.17, 15) is 13.9 Å². The summed E-state index contributed by atoms with van der Waals surface area (Å²) in [6.07, 6.45) is -0.871. The monoisotopic (exact) mass is 218 g/mol. The lowest BCUT2D eigenvalue weighted by Gasteiger charge is -2.13. The molecule has 1 atom stereocenters. The number of methoxy groups -OCH3 is 1. The molecule has 15 heavy (non-hydrogen) atoms. The van der Waals surface area contributed by atoms with Gasteiger partial charge in [-0.05, 0) is 19.1 Å². The summed E-state index contributed by atoms with van der Waals surface area (Å²) in [6.45, 7) is -1.45. The van der Waals surface area contributed by atoms with Gasteiger partial charge in [-0.3, -0.25) is 0 Å². The molecular formula is C10H12F2O3. The van der Waals surface area contributed by atoms with E-state index in [-0.39, 0.29) is 5.75 Å². The normalized spacial score (nSPS) is 12.7. The zero-order valence-corrected chi connectivity index (χ0v) is 8.41. The maximum absolute atomic E-state index is 12.1. The van der Waals surface area contributed by atoms with Crippen LogP contribution in [-0.4, -0.2) is 18.8 Å². The molecule has 84 valence electrons. The van der Waals surface area contributed by atoms with Gasteiger partial charge in [0.2, 0.25) is 0 Å². The molecule has 1 rings (SSSR count). The van der Waals surface area contributed by atoms with Crippen molar-refractivity contribution in [1.29, 1.82) is 0 Å². The molecule has 1 aromatic rings. The quantitative estimate of drug-likeness (QED) is 0.843. The molecule has 0 aromatic heterocycles. The van der Waals surface area contributed by atoms with Crippen LogP contribution >= 0.6 is 0 Å². The van der Waals surface area contributed by atoms with Crippen molar-refractivity contribution in [3.8, 4) is 11.5 Å². The fourth-order valence-corrected chi connectivity index (χ4v) is 1.18. The summed E-state index contributed by atoms with van der Waals surface area (Å²) in [5.74, 6) is 0.328. The second-order valence-corrected chi connectivity index (χ2v) is 2.96. The van der Waals surface area contributed by atoms with Gasteiger partial charge in [0.1, 0.15) is 11.5 Å². The van der Waals surface area contributed by atoms with Gasteiger partial charge in [0.15, 0.2) is 0 Å². The lowest BCUT2D eigenvalue weighted by Crippen LogP contribution is -2.06. The molecular weight excluding hydrogens is 206 g/mol. The van der Waals surface area contributed by atoms with E-state index in [0.717, 1.165) is 0 Å². The van der Waals surface area contributed by atoms with Gasteiger partial charge in [0.05, 0.1) is 13.2 Å². The number of alkyl halides is 2. The molecule has 0 aliphatic heterocycles. The molecule has 0 fully saturated rings. The van der Waals surface area contributed by atoms with Crippen LogP contribution in [0.15, 0.2) is 18.2 Å². The van der Waals surface area contributed by atoms with Crippen molar-refractivity contribution in [3.63, 3.8) is 0 Å². The summed E-state index contributed by atoms with van der Waals surface area (Å²) in [5.41, 5.74) is 0.302. The Balaban J connectivity index is 3.05. The SMILES string of the molecule is COc1ccc([C@@H](C)O)c(OC(F)F)c1. The third-order valence-electron chi connectivity index (χ3n) is 1.89. The first-order valence-corrected chi connectivity index (χ1v) is 4.35. The van der Waals surface area contributed by atoms with Gasteiger partial charge >= 0.3 is 6.61 Å². The van der Waals surface area contributed by atoms with E-state index in [0.29, 0.717) is 11.3 Å². The van der Waals surface area contributed by atoms with E-state index in [4.69, 9.17) is 4.74 Å². The first kappa shape index (κ1) is 11.7. The van der Waals surface area contributed by atoms with Crippen LogP contribution in [0, 0.1) is 0 Å². The summed E-state index contributed by atoms with van der Waals surface area (Å²) in [6, 6.07) is 4.37. The van der Waals surface area contributed by atoms with Gasteiger partial charge in [0, 0.05) is 11.6 Å². The molecule has 0 radical (unpaired) electrons. The summed E-state index contributed by atoms with van der Waals surface area (Å²) >= 11 is 0. The molecule has 0 saturated carbocycles. The molecule has 0 spiro atoms. The molecule has 0 saturated heterocycles.